The first-order valence-corrected chi connectivity index (χ1v) is 7.16. The Morgan fingerprint density at radius 1 is 1.10 bits per heavy atom. The Balaban J connectivity index is 2.53. The molecule has 0 aliphatic heterocycles. The van der Waals surface area contributed by atoms with E-state index in [4.69, 9.17) is 4.74 Å². The molecule has 0 saturated heterocycles. The second kappa shape index (κ2) is 7.80. The summed E-state index contributed by atoms with van der Waals surface area (Å²) in [7, 11) is 0. The predicted molar refractivity (Wildman–Crippen MR) is 78.2 cm³/mol. The van der Waals surface area contributed by atoms with Gasteiger partial charge >= 0.3 is 6.18 Å². The van der Waals surface area contributed by atoms with Crippen LogP contribution in [0.15, 0.2) is 30.3 Å². The largest absolute Gasteiger partial charge is 0.389 e. The molecule has 120 valence electrons. The molecule has 1 atom stereocenters. The van der Waals surface area contributed by atoms with Gasteiger partial charge in [0, 0.05) is 25.1 Å². The van der Waals surface area contributed by atoms with Gasteiger partial charge in [-0.1, -0.05) is 30.3 Å². The smallest absolute Gasteiger partial charge is 0.372 e. The summed E-state index contributed by atoms with van der Waals surface area (Å²) in [4.78, 5) is 0. The average molecular weight is 303 g/mol. The lowest BCUT2D eigenvalue weighted by atomic mass is 10.1. The van der Waals surface area contributed by atoms with E-state index in [1.807, 2.05) is 51.1 Å². The van der Waals surface area contributed by atoms with Gasteiger partial charge in [0.15, 0.2) is 0 Å². The average Bonchev–Trinajstić information content (AvgIpc) is 2.36. The van der Waals surface area contributed by atoms with Crippen LogP contribution in [0, 0.1) is 0 Å². The van der Waals surface area contributed by atoms with Crippen LogP contribution in [0.5, 0.6) is 0 Å². The molecular formula is C16H24F3NO. The maximum atomic E-state index is 12.1. The molecule has 1 aromatic rings. The third kappa shape index (κ3) is 8.73. The molecule has 1 unspecified atom stereocenters. The van der Waals surface area contributed by atoms with Gasteiger partial charge in [0.05, 0.1) is 6.10 Å². The van der Waals surface area contributed by atoms with Crippen LogP contribution in [0.3, 0.4) is 0 Å². The van der Waals surface area contributed by atoms with E-state index in [0.29, 0.717) is 6.54 Å². The molecule has 0 radical (unpaired) electrons. The first kappa shape index (κ1) is 18.0. The minimum Gasteiger partial charge on any atom is -0.372 e. The third-order valence-corrected chi connectivity index (χ3v) is 2.91. The van der Waals surface area contributed by atoms with Crippen LogP contribution in [0.2, 0.25) is 0 Å². The molecule has 0 amide bonds. The van der Waals surface area contributed by atoms with Crippen molar-refractivity contribution < 1.29 is 17.9 Å². The lowest BCUT2D eigenvalue weighted by molar-refractivity contribution is -0.139. The first-order valence-electron chi connectivity index (χ1n) is 7.16. The lowest BCUT2D eigenvalue weighted by Gasteiger charge is -2.26. The van der Waals surface area contributed by atoms with Crippen LogP contribution in [-0.2, 0) is 4.74 Å². The van der Waals surface area contributed by atoms with E-state index >= 15 is 0 Å². The quantitative estimate of drug-likeness (QED) is 0.750. The van der Waals surface area contributed by atoms with Crippen molar-refractivity contribution in [3.05, 3.63) is 35.9 Å². The summed E-state index contributed by atoms with van der Waals surface area (Å²) >= 11 is 0. The predicted octanol–water partition coefficient (Wildman–Crippen LogP) is 4.47. The standard InChI is InChI=1S/C16H24F3NO/c1-15(2,3)20-12-14(13-8-5-4-6-9-13)21-11-7-10-16(17,18)19/h4-6,8-9,14,20H,7,10-12H2,1-3H3. The molecule has 0 aliphatic carbocycles. The highest BCUT2D eigenvalue weighted by atomic mass is 19.4. The second-order valence-electron chi connectivity index (χ2n) is 6.12. The molecule has 0 bridgehead atoms. The van der Waals surface area contributed by atoms with Crippen molar-refractivity contribution in [2.24, 2.45) is 0 Å². The molecule has 0 fully saturated rings. The molecule has 0 saturated carbocycles. The van der Waals surface area contributed by atoms with E-state index in [-0.39, 0.29) is 24.7 Å². The van der Waals surface area contributed by atoms with E-state index in [0.717, 1.165) is 5.56 Å². The molecule has 21 heavy (non-hydrogen) atoms. The van der Waals surface area contributed by atoms with Crippen LogP contribution in [0.1, 0.15) is 45.3 Å². The molecular weight excluding hydrogens is 279 g/mol. The van der Waals surface area contributed by atoms with Crippen molar-refractivity contribution >= 4 is 0 Å². The van der Waals surface area contributed by atoms with Crippen molar-refractivity contribution in [3.63, 3.8) is 0 Å². The Morgan fingerprint density at radius 3 is 2.24 bits per heavy atom. The molecule has 0 spiro atoms. The number of rotatable bonds is 7. The van der Waals surface area contributed by atoms with Gasteiger partial charge in [-0.3, -0.25) is 0 Å². The number of halogens is 3. The molecule has 2 nitrogen and oxygen atoms in total. The highest BCUT2D eigenvalue weighted by molar-refractivity contribution is 5.18. The molecule has 1 aromatic carbocycles. The molecule has 0 heterocycles. The second-order valence-corrected chi connectivity index (χ2v) is 6.12. The van der Waals surface area contributed by atoms with Crippen molar-refractivity contribution in [2.75, 3.05) is 13.2 Å². The van der Waals surface area contributed by atoms with Crippen LogP contribution in [0.4, 0.5) is 13.2 Å². The molecule has 0 aliphatic rings. The minimum absolute atomic E-state index is 0.0116. The summed E-state index contributed by atoms with van der Waals surface area (Å²) in [6, 6.07) is 9.57. The first-order chi connectivity index (χ1) is 9.67. The Kier molecular flexibility index (Phi) is 6.68. The Bertz CT molecular complexity index is 398. The normalized spacial score (nSPS) is 14.2. The van der Waals surface area contributed by atoms with Crippen molar-refractivity contribution in [1.82, 2.24) is 5.32 Å². The number of ether oxygens (including phenoxy) is 1. The van der Waals surface area contributed by atoms with Crippen LogP contribution < -0.4 is 5.32 Å². The van der Waals surface area contributed by atoms with E-state index in [9.17, 15) is 13.2 Å². The molecule has 1 N–H and O–H groups in total. The van der Waals surface area contributed by atoms with Gasteiger partial charge in [-0.25, -0.2) is 0 Å². The summed E-state index contributed by atoms with van der Waals surface area (Å²) < 4.78 is 42.1. The van der Waals surface area contributed by atoms with Crippen molar-refractivity contribution in [3.8, 4) is 0 Å². The number of hydrogen-bond donors (Lipinski definition) is 1. The van der Waals surface area contributed by atoms with Crippen molar-refractivity contribution in [1.29, 1.82) is 0 Å². The zero-order valence-electron chi connectivity index (χ0n) is 12.8. The number of nitrogens with one attached hydrogen (secondary N) is 1. The van der Waals surface area contributed by atoms with E-state index in [1.165, 1.54) is 0 Å². The zero-order valence-corrected chi connectivity index (χ0v) is 12.8. The lowest BCUT2D eigenvalue weighted by Crippen LogP contribution is -2.39. The van der Waals surface area contributed by atoms with Gasteiger partial charge in [0.25, 0.3) is 0 Å². The van der Waals surface area contributed by atoms with Crippen LogP contribution in [0.25, 0.3) is 0 Å². The Morgan fingerprint density at radius 2 is 1.71 bits per heavy atom. The fourth-order valence-corrected chi connectivity index (χ4v) is 1.84. The maximum Gasteiger partial charge on any atom is 0.389 e. The van der Waals surface area contributed by atoms with Crippen molar-refractivity contribution in [2.45, 2.75) is 51.4 Å². The summed E-state index contributed by atoms with van der Waals surface area (Å²) in [5.41, 5.74) is 0.906. The monoisotopic (exact) mass is 303 g/mol. The number of benzene rings is 1. The summed E-state index contributed by atoms with van der Waals surface area (Å²) in [6.07, 6.45) is -5.17. The highest BCUT2D eigenvalue weighted by Crippen LogP contribution is 2.23. The fourth-order valence-electron chi connectivity index (χ4n) is 1.84. The Labute approximate surface area is 124 Å². The molecule has 1 rings (SSSR count). The van der Waals surface area contributed by atoms with Gasteiger partial charge in [-0.05, 0) is 32.8 Å². The SMILES string of the molecule is CC(C)(C)NCC(OCCCC(F)(F)F)c1ccccc1. The number of hydrogen-bond acceptors (Lipinski definition) is 2. The minimum atomic E-state index is -4.12. The van der Waals surface area contributed by atoms with Gasteiger partial charge in [0.2, 0.25) is 0 Å². The fraction of sp³-hybridized carbons (Fsp3) is 0.625. The van der Waals surface area contributed by atoms with Gasteiger partial charge < -0.3 is 10.1 Å². The van der Waals surface area contributed by atoms with Crippen LogP contribution in [-0.4, -0.2) is 24.9 Å². The van der Waals surface area contributed by atoms with Gasteiger partial charge in [0.1, 0.15) is 0 Å². The molecule has 5 heteroatoms. The number of alkyl halides is 3. The summed E-state index contributed by atoms with van der Waals surface area (Å²) in [5.74, 6) is 0. The van der Waals surface area contributed by atoms with Gasteiger partial charge in [-0.15, -0.1) is 0 Å². The van der Waals surface area contributed by atoms with E-state index in [2.05, 4.69) is 5.32 Å². The van der Waals surface area contributed by atoms with E-state index < -0.39 is 12.6 Å². The Hall–Kier alpha value is -1.07. The maximum absolute atomic E-state index is 12.1. The van der Waals surface area contributed by atoms with Gasteiger partial charge in [-0.2, -0.15) is 13.2 Å². The summed E-state index contributed by atoms with van der Waals surface area (Å²) in [5, 5.41) is 3.33. The van der Waals surface area contributed by atoms with E-state index in [1.54, 1.807) is 0 Å². The molecule has 0 aromatic heterocycles. The van der Waals surface area contributed by atoms with Crippen LogP contribution >= 0.6 is 0 Å². The third-order valence-electron chi connectivity index (χ3n) is 2.91. The zero-order chi connectivity index (χ0) is 15.9. The summed E-state index contributed by atoms with van der Waals surface area (Å²) in [6.45, 7) is 6.79. The highest BCUT2D eigenvalue weighted by Gasteiger charge is 2.26. The topological polar surface area (TPSA) is 21.3 Å².